The molecule has 0 radical (unpaired) electrons. The first-order chi connectivity index (χ1) is 45.8. The molecule has 0 unspecified atom stereocenters. The van der Waals surface area contributed by atoms with E-state index in [1.165, 1.54) is 0 Å². The summed E-state index contributed by atoms with van der Waals surface area (Å²) in [4.78, 5) is 147. The number of carboxylic acids is 1. The smallest absolute Gasteiger partial charge is 0.303 e. The summed E-state index contributed by atoms with van der Waals surface area (Å²) in [6.07, 6.45) is -15.2. The van der Waals surface area contributed by atoms with Crippen LogP contribution in [0.4, 0.5) is 0 Å². The molecule has 0 bridgehead atoms. The zero-order valence-electron chi connectivity index (χ0n) is 52.9. The number of hydrogen-bond donors (Lipinski definition) is 20. The Hall–Kier alpha value is -7.14. The van der Waals surface area contributed by atoms with Crippen LogP contribution in [0.1, 0.15) is 32.1 Å². The number of imide groups is 1. The Labute approximate surface area is 550 Å². The fourth-order valence-electron chi connectivity index (χ4n) is 7.47. The molecular formula is C55H94N10O31. The fourth-order valence-corrected chi connectivity index (χ4v) is 7.47. The third kappa shape index (κ3) is 41.7. The van der Waals surface area contributed by atoms with E-state index in [0.29, 0.717) is 51.1 Å². The molecular weight excluding hydrogens is 1300 g/mol. The second-order valence-corrected chi connectivity index (χ2v) is 20.5. The number of ether oxygens (including phenoxy) is 8. The number of carbonyl (C=O) groups excluding carboxylic acids is 11. The van der Waals surface area contributed by atoms with Crippen molar-refractivity contribution in [2.24, 2.45) is 0 Å². The quantitative estimate of drug-likeness (QED) is 0.0199. The van der Waals surface area contributed by atoms with Crippen LogP contribution in [0.5, 0.6) is 0 Å². The van der Waals surface area contributed by atoms with Gasteiger partial charge in [-0.3, -0.25) is 62.4 Å². The maximum absolute atomic E-state index is 13.0. The van der Waals surface area contributed by atoms with Crippen molar-refractivity contribution >= 4 is 70.9 Å². The number of nitrogens with zero attached hydrogens (tertiary/aromatic N) is 1. The van der Waals surface area contributed by atoms with Gasteiger partial charge in [-0.2, -0.15) is 0 Å². The van der Waals surface area contributed by atoms with Crippen molar-refractivity contribution in [2.45, 2.75) is 93.0 Å². The number of carboxylic acid groups (broad SMARTS) is 1. The summed E-state index contributed by atoms with van der Waals surface area (Å²) >= 11 is 0. The molecule has 0 fully saturated rings. The van der Waals surface area contributed by atoms with Crippen molar-refractivity contribution < 1.29 is 152 Å². The minimum absolute atomic E-state index is 0.0897. The molecule has 11 amide bonds. The van der Waals surface area contributed by atoms with Gasteiger partial charge in [0, 0.05) is 51.0 Å². The van der Waals surface area contributed by atoms with Crippen molar-refractivity contribution in [3.63, 3.8) is 0 Å². The maximum Gasteiger partial charge on any atom is 0.303 e. The van der Waals surface area contributed by atoms with Crippen molar-refractivity contribution in [3.05, 3.63) is 12.2 Å². The molecule has 96 heavy (non-hydrogen) atoms. The number of amides is 11. The molecule has 0 aromatic carbocycles. The number of rotatable bonds is 59. The lowest BCUT2D eigenvalue weighted by Gasteiger charge is -2.26. The van der Waals surface area contributed by atoms with Gasteiger partial charge >= 0.3 is 5.97 Å². The Bertz CT molecular complexity index is 2370. The highest BCUT2D eigenvalue weighted by Crippen LogP contribution is 2.09. The molecule has 0 aliphatic carbocycles. The van der Waals surface area contributed by atoms with Gasteiger partial charge in [0.25, 0.3) is 11.8 Å². The van der Waals surface area contributed by atoms with E-state index in [0.717, 1.165) is 12.2 Å². The van der Waals surface area contributed by atoms with Gasteiger partial charge in [0.2, 0.25) is 53.2 Å². The molecule has 20 N–H and O–H groups in total. The first kappa shape index (κ1) is 86.9. The molecule has 1 aliphatic rings. The molecule has 1 heterocycles. The largest absolute Gasteiger partial charge is 0.481 e. The van der Waals surface area contributed by atoms with Crippen LogP contribution in [0.2, 0.25) is 0 Å². The molecule has 0 spiro atoms. The van der Waals surface area contributed by atoms with Gasteiger partial charge in [0.1, 0.15) is 55.3 Å². The van der Waals surface area contributed by atoms with Crippen LogP contribution < -0.4 is 47.9 Å². The summed E-state index contributed by atoms with van der Waals surface area (Å²) in [5.74, 6) is -10.0. The van der Waals surface area contributed by atoms with E-state index in [1.807, 2.05) is 0 Å². The number of nitrogens with one attached hydrogen (secondary N) is 9. The average molecular weight is 1390 g/mol. The maximum atomic E-state index is 13.0. The molecule has 550 valence electrons. The Balaban J connectivity index is 2.07. The van der Waals surface area contributed by atoms with E-state index in [1.54, 1.807) is 0 Å². The topological polar surface area (TPSA) is 613 Å². The van der Waals surface area contributed by atoms with Crippen LogP contribution in [0, 0.1) is 0 Å². The molecule has 0 aromatic rings. The van der Waals surface area contributed by atoms with Crippen LogP contribution in [-0.2, 0) is 95.4 Å². The molecule has 1 rings (SSSR count). The first-order valence-electron chi connectivity index (χ1n) is 30.3. The van der Waals surface area contributed by atoms with Crippen molar-refractivity contribution in [1.29, 1.82) is 0 Å². The summed E-state index contributed by atoms with van der Waals surface area (Å²) in [6, 6.07) is -2.87. The van der Waals surface area contributed by atoms with E-state index in [4.69, 9.17) is 53.2 Å². The van der Waals surface area contributed by atoms with E-state index < -0.39 is 210 Å². The predicted octanol–water partition coefficient (Wildman–Crippen LogP) is -13.3. The molecule has 0 saturated heterocycles. The summed E-state index contributed by atoms with van der Waals surface area (Å²) in [6.45, 7) is -2.35. The first-order valence-corrected chi connectivity index (χ1v) is 30.3. The fraction of sp³-hybridized carbons (Fsp3) is 0.745. The van der Waals surface area contributed by atoms with Crippen molar-refractivity contribution in [3.8, 4) is 0 Å². The third-order valence-corrected chi connectivity index (χ3v) is 12.9. The third-order valence-electron chi connectivity index (χ3n) is 12.9. The van der Waals surface area contributed by atoms with E-state index in [2.05, 4.69) is 47.9 Å². The van der Waals surface area contributed by atoms with E-state index in [9.17, 15) is 98.4 Å². The van der Waals surface area contributed by atoms with Gasteiger partial charge < -0.3 is 142 Å². The SMILES string of the molecule is O=C(O)CC[C@H](NC(=O)CN1C(=O)C=CC1=O)C(=O)NCC(=O)NCC(=O)NCC(=O)NCC(=O)NCCOCCOCCOCCOCCOCCOCCOCCOCCC(=O)N[C@@H](CCC(=O)NC[C@H](O)[C@@H](O)[C@H](O)[C@H](O)CO)C(=O)NC[C@H](O)[C@@H](O)[C@H](O)[C@H](O)CO. The molecule has 0 aromatic heterocycles. The monoisotopic (exact) mass is 1390 g/mol. The summed E-state index contributed by atoms with van der Waals surface area (Å²) < 4.78 is 43.5. The highest BCUT2D eigenvalue weighted by Gasteiger charge is 2.33. The van der Waals surface area contributed by atoms with Crippen LogP contribution in [0.25, 0.3) is 0 Å². The predicted molar refractivity (Wildman–Crippen MR) is 320 cm³/mol. The van der Waals surface area contributed by atoms with Crippen LogP contribution in [0.15, 0.2) is 12.2 Å². The lowest BCUT2D eigenvalue weighted by molar-refractivity contribution is -0.141. The lowest BCUT2D eigenvalue weighted by atomic mass is 10.0. The summed E-state index contributed by atoms with van der Waals surface area (Å²) in [7, 11) is 0. The molecule has 0 saturated carbocycles. The van der Waals surface area contributed by atoms with Crippen LogP contribution >= 0.6 is 0 Å². The number of aliphatic carboxylic acids is 1. The zero-order chi connectivity index (χ0) is 71.6. The molecule has 10 atom stereocenters. The highest BCUT2D eigenvalue weighted by atomic mass is 16.6. The average Bonchev–Trinajstić information content (AvgIpc) is 1.71. The standard InChI is InChI=1S/C55H94N10O31/c66-32-38(70)52(85)50(83)36(68)25-57-40(72)3-1-34(54(87)61-26-37(69)51(84)53(86)39(71)33-67)63-41(73)7-9-89-11-13-91-15-17-93-19-21-95-23-24-96-22-20-94-18-16-92-14-12-90-10-8-56-42(74)27-58-43(75)28-59-44(76)29-60-45(77)30-62-55(88)35(2-6-49(81)82)64-46(78)31-65-47(79)4-5-48(65)80/h4-5,34-39,50-53,66-71,83-86H,1-3,6-33H2,(H,56,74)(H,57,72)(H,58,75)(H,59,76)(H,60,77)(H,61,87)(H,62,88)(H,63,73)(H,64,78)(H,81,82)/t34-,35-,36-,37-,38+,39+,50+,51+,52+,53+/m0/s1. The Kier molecular flexibility index (Phi) is 47.9. The van der Waals surface area contributed by atoms with Gasteiger partial charge in [-0.05, 0) is 12.8 Å². The highest BCUT2D eigenvalue weighted by molar-refractivity contribution is 6.14. The normalized spacial score (nSPS) is 15.2. The number of carbonyl (C=O) groups is 12. The summed E-state index contributed by atoms with van der Waals surface area (Å²) in [5, 5.41) is 126. The Morgan fingerprint density at radius 1 is 0.365 bits per heavy atom. The van der Waals surface area contributed by atoms with Crippen molar-refractivity contribution in [2.75, 3.05) is 171 Å². The van der Waals surface area contributed by atoms with E-state index in [-0.39, 0.29) is 78.8 Å². The number of aliphatic hydroxyl groups excluding tert-OH is 10. The van der Waals surface area contributed by atoms with Crippen molar-refractivity contribution in [1.82, 2.24) is 52.8 Å². The zero-order valence-corrected chi connectivity index (χ0v) is 52.9. The van der Waals surface area contributed by atoms with Gasteiger partial charge in [-0.1, -0.05) is 0 Å². The van der Waals surface area contributed by atoms with Gasteiger partial charge in [-0.25, -0.2) is 0 Å². The second-order valence-electron chi connectivity index (χ2n) is 20.5. The molecule has 41 heteroatoms. The lowest BCUT2D eigenvalue weighted by Crippen LogP contribution is -2.53. The van der Waals surface area contributed by atoms with Gasteiger partial charge in [-0.15, -0.1) is 0 Å². The molecule has 41 nitrogen and oxygen atoms in total. The van der Waals surface area contributed by atoms with Gasteiger partial charge in [0.15, 0.2) is 0 Å². The van der Waals surface area contributed by atoms with E-state index >= 15 is 0 Å². The second kappa shape index (κ2) is 53.0. The number of aliphatic hydroxyl groups is 10. The minimum atomic E-state index is -2.00. The molecule has 1 aliphatic heterocycles. The number of hydrogen-bond acceptors (Lipinski definition) is 30. The van der Waals surface area contributed by atoms with Crippen LogP contribution in [0.3, 0.4) is 0 Å². The minimum Gasteiger partial charge on any atom is -0.481 e. The van der Waals surface area contributed by atoms with Gasteiger partial charge in [0.05, 0.1) is 157 Å². The Morgan fingerprint density at radius 2 is 0.698 bits per heavy atom. The van der Waals surface area contributed by atoms with Crippen LogP contribution in [-0.4, -0.2) is 364 Å². The summed E-state index contributed by atoms with van der Waals surface area (Å²) in [5.41, 5.74) is 0. The Morgan fingerprint density at radius 3 is 1.10 bits per heavy atom.